The van der Waals surface area contributed by atoms with Gasteiger partial charge in [0.1, 0.15) is 5.60 Å². The summed E-state index contributed by atoms with van der Waals surface area (Å²) in [6.45, 7) is 5.89. The highest BCUT2D eigenvalue weighted by Gasteiger charge is 2.32. The van der Waals surface area contributed by atoms with Crippen molar-refractivity contribution in [2.75, 3.05) is 12.0 Å². The van der Waals surface area contributed by atoms with Crippen molar-refractivity contribution in [3.8, 4) is 17.1 Å². The first-order chi connectivity index (χ1) is 18.7. The van der Waals surface area contributed by atoms with E-state index >= 15 is 0 Å². The Morgan fingerprint density at radius 2 is 1.51 bits per heavy atom. The maximum absolute atomic E-state index is 13.5. The lowest BCUT2D eigenvalue weighted by Crippen LogP contribution is -2.50. The number of nitrogens with one attached hydrogen (secondary N) is 2. The van der Waals surface area contributed by atoms with Gasteiger partial charge in [0.2, 0.25) is 5.95 Å². The molecule has 1 fully saturated rings. The number of rotatable bonds is 7. The zero-order chi connectivity index (χ0) is 27.8. The van der Waals surface area contributed by atoms with Gasteiger partial charge < -0.3 is 20.1 Å². The third-order valence-corrected chi connectivity index (χ3v) is 6.29. The van der Waals surface area contributed by atoms with Crippen molar-refractivity contribution in [3.05, 3.63) is 60.7 Å². The van der Waals surface area contributed by atoms with Gasteiger partial charge in [0.05, 0.1) is 7.11 Å². The van der Waals surface area contributed by atoms with E-state index in [-0.39, 0.29) is 24.1 Å². The molecule has 11 nitrogen and oxygen atoms in total. The molecule has 4 rings (SSSR count). The first-order valence-corrected chi connectivity index (χ1v) is 13.0. The molecule has 3 amide bonds. The molecule has 0 unspecified atom stereocenters. The van der Waals surface area contributed by atoms with E-state index in [1.54, 1.807) is 29.7 Å². The van der Waals surface area contributed by atoms with Gasteiger partial charge in [-0.2, -0.15) is 0 Å². The molecule has 11 heteroatoms. The van der Waals surface area contributed by atoms with E-state index in [0.29, 0.717) is 38.2 Å². The van der Waals surface area contributed by atoms with Gasteiger partial charge in [-0.05, 0) is 52.0 Å². The van der Waals surface area contributed by atoms with E-state index in [1.165, 1.54) is 7.11 Å². The average molecular weight is 534 g/mol. The van der Waals surface area contributed by atoms with Gasteiger partial charge in [0.15, 0.2) is 0 Å². The van der Waals surface area contributed by atoms with E-state index in [2.05, 4.69) is 30.6 Å². The molecule has 0 bridgehead atoms. The number of urea groups is 1. The lowest BCUT2D eigenvalue weighted by atomic mass is 9.90. The molecule has 1 saturated carbocycles. The van der Waals surface area contributed by atoms with Crippen LogP contribution < -0.4 is 20.3 Å². The number of hydrogen-bond acceptors (Lipinski definition) is 8. The fourth-order valence-electron chi connectivity index (χ4n) is 4.40. The number of carbonyl (C=O) groups excluding carboxylic acids is 2. The van der Waals surface area contributed by atoms with Crippen LogP contribution in [0.2, 0.25) is 0 Å². The minimum atomic E-state index is -0.559. The van der Waals surface area contributed by atoms with Crippen LogP contribution in [0.1, 0.15) is 52.0 Å². The predicted molar refractivity (Wildman–Crippen MR) is 146 cm³/mol. The fraction of sp³-hybridized carbons (Fsp3) is 0.429. The van der Waals surface area contributed by atoms with E-state index in [4.69, 9.17) is 9.47 Å². The molecule has 0 spiro atoms. The van der Waals surface area contributed by atoms with Crippen molar-refractivity contribution in [1.29, 1.82) is 0 Å². The molecule has 39 heavy (non-hydrogen) atoms. The Labute approximate surface area is 228 Å². The summed E-state index contributed by atoms with van der Waals surface area (Å²) in [5.74, 6) is 0.308. The van der Waals surface area contributed by atoms with Gasteiger partial charge in [0.25, 0.3) is 0 Å². The molecule has 2 N–H and O–H groups in total. The Morgan fingerprint density at radius 1 is 0.923 bits per heavy atom. The molecule has 1 aliphatic carbocycles. The number of amides is 3. The van der Waals surface area contributed by atoms with Crippen LogP contribution in [0, 0.1) is 0 Å². The third kappa shape index (κ3) is 7.86. The molecule has 2 heterocycles. The first-order valence-electron chi connectivity index (χ1n) is 13.0. The van der Waals surface area contributed by atoms with Gasteiger partial charge in [-0.3, -0.25) is 4.90 Å². The van der Waals surface area contributed by atoms with Crippen molar-refractivity contribution in [2.24, 2.45) is 0 Å². The molecular formula is C28H35N7O4. The van der Waals surface area contributed by atoms with Crippen molar-refractivity contribution < 1.29 is 19.1 Å². The molecule has 0 saturated heterocycles. The van der Waals surface area contributed by atoms with Crippen LogP contribution in [-0.4, -0.2) is 56.9 Å². The van der Waals surface area contributed by atoms with Crippen molar-refractivity contribution in [2.45, 2.75) is 70.7 Å². The zero-order valence-electron chi connectivity index (χ0n) is 22.8. The summed E-state index contributed by atoms with van der Waals surface area (Å²) in [6.07, 6.45) is 8.90. The van der Waals surface area contributed by atoms with Crippen LogP contribution >= 0.6 is 0 Å². The Balaban J connectivity index is 1.47. The van der Waals surface area contributed by atoms with Crippen LogP contribution in [0.4, 0.5) is 15.5 Å². The van der Waals surface area contributed by atoms with E-state index < -0.39 is 11.7 Å². The largest absolute Gasteiger partial charge is 0.467 e. The number of ether oxygens (including phenoxy) is 2. The number of aromatic nitrogens is 4. The summed E-state index contributed by atoms with van der Waals surface area (Å²) in [6, 6.07) is 9.56. The van der Waals surface area contributed by atoms with Crippen molar-refractivity contribution in [1.82, 2.24) is 30.6 Å². The van der Waals surface area contributed by atoms with Gasteiger partial charge in [-0.25, -0.2) is 29.5 Å². The minimum absolute atomic E-state index is 0.0244. The molecule has 2 aromatic heterocycles. The highest BCUT2D eigenvalue weighted by molar-refractivity contribution is 5.90. The summed E-state index contributed by atoms with van der Waals surface area (Å²) in [7, 11) is 1.51. The maximum atomic E-state index is 13.5. The lowest BCUT2D eigenvalue weighted by molar-refractivity contribution is 0.0491. The van der Waals surface area contributed by atoms with Crippen LogP contribution in [-0.2, 0) is 11.3 Å². The number of hydrogen-bond donors (Lipinski definition) is 2. The van der Waals surface area contributed by atoms with Gasteiger partial charge in [-0.15, -0.1) is 0 Å². The van der Waals surface area contributed by atoms with Crippen molar-refractivity contribution >= 4 is 18.1 Å². The smallest absolute Gasteiger partial charge is 0.407 e. The fourth-order valence-corrected chi connectivity index (χ4v) is 4.40. The van der Waals surface area contributed by atoms with Crippen molar-refractivity contribution in [3.63, 3.8) is 0 Å². The number of nitrogens with zero attached hydrogens (tertiary/aromatic N) is 5. The van der Waals surface area contributed by atoms with Gasteiger partial charge in [0, 0.05) is 54.5 Å². The topological polar surface area (TPSA) is 131 Å². The Hall–Kier alpha value is -4.28. The average Bonchev–Trinajstić information content (AvgIpc) is 2.93. The predicted octanol–water partition coefficient (Wildman–Crippen LogP) is 4.49. The second-order valence-corrected chi connectivity index (χ2v) is 10.4. The standard InChI is InChI=1S/C28H35N7O4/c1-28(2,3)39-27(37)34-22-10-12-23(13-11-22)35(26(36)33-14-19-8-6-5-7-9-19)24-29-15-20(16-30-24)21-17-31-25(38-4)32-18-21/h5-9,15-18,22-23H,10-14H2,1-4H3,(H,33,36)(H,34,37). The molecule has 1 aromatic carbocycles. The molecule has 1 aliphatic rings. The molecule has 0 atom stereocenters. The molecular weight excluding hydrogens is 498 g/mol. The SMILES string of the molecule is COc1ncc(-c2cnc(N(C(=O)NCc3ccccc3)C3CCC(NC(=O)OC(C)(C)C)CC3)nc2)cn1. The van der Waals surface area contributed by atoms with Gasteiger partial charge >= 0.3 is 18.1 Å². The summed E-state index contributed by atoms with van der Waals surface area (Å²) < 4.78 is 10.4. The molecule has 0 radical (unpaired) electrons. The van der Waals surface area contributed by atoms with E-state index in [9.17, 15) is 9.59 Å². The third-order valence-electron chi connectivity index (χ3n) is 6.29. The molecule has 3 aromatic rings. The van der Waals surface area contributed by atoms with E-state index in [1.807, 2.05) is 51.1 Å². The minimum Gasteiger partial charge on any atom is -0.467 e. The number of alkyl carbamates (subject to hydrolysis) is 1. The highest BCUT2D eigenvalue weighted by atomic mass is 16.6. The summed E-state index contributed by atoms with van der Waals surface area (Å²) in [4.78, 5) is 44.7. The Bertz CT molecular complexity index is 1220. The number of carbonyl (C=O) groups is 2. The Morgan fingerprint density at radius 3 is 2.08 bits per heavy atom. The van der Waals surface area contributed by atoms with Crippen LogP contribution in [0.3, 0.4) is 0 Å². The highest BCUT2D eigenvalue weighted by Crippen LogP contribution is 2.27. The van der Waals surface area contributed by atoms with Crippen LogP contribution in [0.15, 0.2) is 55.1 Å². The maximum Gasteiger partial charge on any atom is 0.407 e. The lowest BCUT2D eigenvalue weighted by Gasteiger charge is -2.36. The summed E-state index contributed by atoms with van der Waals surface area (Å²) >= 11 is 0. The second kappa shape index (κ2) is 12.5. The number of anilines is 1. The normalized spacial score (nSPS) is 17.1. The first kappa shape index (κ1) is 27.7. The summed E-state index contributed by atoms with van der Waals surface area (Å²) in [5, 5.41) is 5.96. The van der Waals surface area contributed by atoms with Crippen LogP contribution in [0.25, 0.3) is 11.1 Å². The number of benzene rings is 1. The second-order valence-electron chi connectivity index (χ2n) is 10.4. The molecule has 206 valence electrons. The number of methoxy groups -OCH3 is 1. The summed E-state index contributed by atoms with van der Waals surface area (Å²) in [5.41, 5.74) is 1.88. The van der Waals surface area contributed by atoms with E-state index in [0.717, 1.165) is 16.7 Å². The quantitative estimate of drug-likeness (QED) is 0.454. The van der Waals surface area contributed by atoms with Gasteiger partial charge in [-0.1, -0.05) is 30.3 Å². The van der Waals surface area contributed by atoms with Crippen LogP contribution in [0.5, 0.6) is 6.01 Å². The zero-order valence-corrected chi connectivity index (χ0v) is 22.8. The molecule has 0 aliphatic heterocycles. The Kier molecular flexibility index (Phi) is 8.90. The monoisotopic (exact) mass is 533 g/mol.